The van der Waals surface area contributed by atoms with E-state index in [1.807, 2.05) is 30.8 Å². The van der Waals surface area contributed by atoms with Gasteiger partial charge in [0, 0.05) is 33.3 Å². The number of aromatic nitrogens is 2. The van der Waals surface area contributed by atoms with Crippen LogP contribution in [0.5, 0.6) is 0 Å². The zero-order chi connectivity index (χ0) is 16.4. The summed E-state index contributed by atoms with van der Waals surface area (Å²) >= 11 is 0. The van der Waals surface area contributed by atoms with Crippen molar-refractivity contribution in [3.8, 4) is 0 Å². The molecule has 0 fully saturated rings. The second-order valence-electron chi connectivity index (χ2n) is 6.41. The van der Waals surface area contributed by atoms with Gasteiger partial charge in [-0.3, -0.25) is 4.68 Å². The molecule has 5 heteroatoms. The molecular formula is C17H28N4O. The highest BCUT2D eigenvalue weighted by atomic mass is 16.3. The Hall–Kier alpha value is -1.75. The molecule has 1 unspecified atom stereocenters. The topological polar surface area (TPSA) is 46.2 Å². The minimum Gasteiger partial charge on any atom is -0.465 e. The normalized spacial score (nSPS) is 12.9. The van der Waals surface area contributed by atoms with Gasteiger partial charge in [-0.05, 0) is 31.9 Å². The van der Waals surface area contributed by atoms with Crippen molar-refractivity contribution in [3.63, 3.8) is 0 Å². The summed E-state index contributed by atoms with van der Waals surface area (Å²) < 4.78 is 7.67. The lowest BCUT2D eigenvalue weighted by atomic mass is 10.0. The predicted molar refractivity (Wildman–Crippen MR) is 90.3 cm³/mol. The predicted octanol–water partition coefficient (Wildman–Crippen LogP) is 3.36. The van der Waals surface area contributed by atoms with Gasteiger partial charge in [-0.15, -0.1) is 0 Å². The van der Waals surface area contributed by atoms with E-state index < -0.39 is 0 Å². The largest absolute Gasteiger partial charge is 0.465 e. The highest BCUT2D eigenvalue weighted by Gasteiger charge is 2.20. The van der Waals surface area contributed by atoms with Crippen LogP contribution in [0.15, 0.2) is 16.5 Å². The second kappa shape index (κ2) is 6.57. The molecule has 22 heavy (non-hydrogen) atoms. The number of rotatable bonds is 6. The quantitative estimate of drug-likeness (QED) is 0.889. The van der Waals surface area contributed by atoms with Crippen molar-refractivity contribution in [1.29, 1.82) is 0 Å². The van der Waals surface area contributed by atoms with Crippen LogP contribution < -0.4 is 10.2 Å². The minimum absolute atomic E-state index is 0.170. The molecule has 1 N–H and O–H groups in total. The Balaban J connectivity index is 2.21. The Kier molecular flexibility index (Phi) is 4.96. The third-order valence-electron chi connectivity index (χ3n) is 3.89. The first kappa shape index (κ1) is 16.6. The van der Waals surface area contributed by atoms with Crippen LogP contribution in [0.4, 0.5) is 5.82 Å². The fourth-order valence-corrected chi connectivity index (χ4v) is 2.81. The zero-order valence-corrected chi connectivity index (χ0v) is 14.8. The van der Waals surface area contributed by atoms with Crippen molar-refractivity contribution in [2.24, 2.45) is 7.05 Å². The Morgan fingerprint density at radius 3 is 2.45 bits per heavy atom. The molecule has 0 aliphatic heterocycles. The van der Waals surface area contributed by atoms with E-state index in [9.17, 15) is 0 Å². The fraction of sp³-hybridized carbons (Fsp3) is 0.588. The van der Waals surface area contributed by atoms with Gasteiger partial charge in [0.25, 0.3) is 0 Å². The summed E-state index contributed by atoms with van der Waals surface area (Å²) in [4.78, 5) is 2.12. The zero-order valence-electron chi connectivity index (χ0n) is 14.8. The van der Waals surface area contributed by atoms with E-state index in [1.54, 1.807) is 0 Å². The summed E-state index contributed by atoms with van der Waals surface area (Å²) in [5.41, 5.74) is 2.42. The van der Waals surface area contributed by atoms with Crippen molar-refractivity contribution in [3.05, 3.63) is 34.9 Å². The van der Waals surface area contributed by atoms with Crippen molar-refractivity contribution >= 4 is 5.82 Å². The molecule has 0 saturated carbocycles. The molecule has 2 aromatic rings. The Bertz CT molecular complexity index is 625. The van der Waals surface area contributed by atoms with Crippen molar-refractivity contribution in [2.75, 3.05) is 19.0 Å². The molecule has 0 amide bonds. The van der Waals surface area contributed by atoms with Crippen LogP contribution in [0.1, 0.15) is 55.5 Å². The summed E-state index contributed by atoms with van der Waals surface area (Å²) in [6.45, 7) is 9.24. The molecule has 0 aliphatic carbocycles. The molecule has 2 rings (SSSR count). The maximum Gasteiger partial charge on any atom is 0.130 e. The van der Waals surface area contributed by atoms with Crippen LogP contribution in [0.2, 0.25) is 0 Å². The van der Waals surface area contributed by atoms with Crippen LogP contribution in [-0.2, 0) is 13.6 Å². The Morgan fingerprint density at radius 2 is 1.95 bits per heavy atom. The third-order valence-corrected chi connectivity index (χ3v) is 3.89. The van der Waals surface area contributed by atoms with Crippen LogP contribution in [0.25, 0.3) is 0 Å². The average Bonchev–Trinajstić information content (AvgIpc) is 2.99. The van der Waals surface area contributed by atoms with Gasteiger partial charge in [-0.25, -0.2) is 0 Å². The molecule has 122 valence electrons. The minimum atomic E-state index is 0.170. The van der Waals surface area contributed by atoms with Gasteiger partial charge in [-0.1, -0.05) is 13.8 Å². The number of hydrogen-bond acceptors (Lipinski definition) is 4. The molecule has 5 nitrogen and oxygen atoms in total. The summed E-state index contributed by atoms with van der Waals surface area (Å²) in [6, 6.07) is 4.21. The Morgan fingerprint density at radius 1 is 1.27 bits per heavy atom. The number of nitrogens with zero attached hydrogens (tertiary/aromatic N) is 3. The van der Waals surface area contributed by atoms with Crippen molar-refractivity contribution in [1.82, 2.24) is 15.1 Å². The summed E-state index contributed by atoms with van der Waals surface area (Å²) in [6.07, 6.45) is 0. The molecule has 0 bridgehead atoms. The second-order valence-corrected chi connectivity index (χ2v) is 6.41. The number of hydrogen-bond donors (Lipinski definition) is 1. The van der Waals surface area contributed by atoms with Crippen LogP contribution in [0.3, 0.4) is 0 Å². The van der Waals surface area contributed by atoms with Gasteiger partial charge in [0.15, 0.2) is 0 Å². The third kappa shape index (κ3) is 3.35. The number of nitrogens with one attached hydrogen (secondary N) is 1. The lowest BCUT2D eigenvalue weighted by Crippen LogP contribution is -2.21. The monoisotopic (exact) mass is 304 g/mol. The molecule has 0 saturated heterocycles. The van der Waals surface area contributed by atoms with Crippen molar-refractivity contribution in [2.45, 2.75) is 46.2 Å². The molecule has 0 radical (unpaired) electrons. The first-order valence-electron chi connectivity index (χ1n) is 7.84. The van der Waals surface area contributed by atoms with Gasteiger partial charge < -0.3 is 14.6 Å². The highest BCUT2D eigenvalue weighted by Crippen LogP contribution is 2.28. The molecule has 0 aliphatic rings. The van der Waals surface area contributed by atoms with Gasteiger partial charge >= 0.3 is 0 Å². The van der Waals surface area contributed by atoms with Crippen LogP contribution >= 0.6 is 0 Å². The maximum atomic E-state index is 5.70. The fourth-order valence-electron chi connectivity index (χ4n) is 2.81. The smallest absolute Gasteiger partial charge is 0.130 e. The molecule has 0 spiro atoms. The van der Waals surface area contributed by atoms with Crippen LogP contribution in [-0.4, -0.2) is 23.9 Å². The van der Waals surface area contributed by atoms with Crippen LogP contribution in [0, 0.1) is 6.92 Å². The van der Waals surface area contributed by atoms with Gasteiger partial charge in [-0.2, -0.15) is 5.10 Å². The number of furan rings is 1. The molecule has 1 atom stereocenters. The van der Waals surface area contributed by atoms with E-state index in [4.69, 9.17) is 9.52 Å². The number of aryl methyl sites for hydroxylation is 2. The molecule has 2 heterocycles. The van der Waals surface area contributed by atoms with E-state index in [2.05, 4.69) is 45.1 Å². The van der Waals surface area contributed by atoms with Gasteiger partial charge in [0.05, 0.1) is 11.7 Å². The highest BCUT2D eigenvalue weighted by molar-refractivity contribution is 5.50. The van der Waals surface area contributed by atoms with Gasteiger partial charge in [0.2, 0.25) is 0 Å². The standard InChI is InChI=1S/C17H28N4O/c1-11(2)16-14(17(20(5)6)21(7)19-16)10-18-13(4)15-9-8-12(3)22-15/h8-9,11,13,18H,10H2,1-7H3. The lowest BCUT2D eigenvalue weighted by molar-refractivity contribution is 0.415. The number of anilines is 1. The lowest BCUT2D eigenvalue weighted by Gasteiger charge is -2.18. The molecular weight excluding hydrogens is 276 g/mol. The molecule has 0 aromatic carbocycles. The van der Waals surface area contributed by atoms with E-state index in [0.29, 0.717) is 5.92 Å². The van der Waals surface area contributed by atoms with E-state index in [-0.39, 0.29) is 6.04 Å². The first-order chi connectivity index (χ1) is 10.3. The Labute approximate surface area is 133 Å². The maximum absolute atomic E-state index is 5.70. The SMILES string of the molecule is Cc1ccc(C(C)NCc2c(C(C)C)nn(C)c2N(C)C)o1. The van der Waals surface area contributed by atoms with E-state index >= 15 is 0 Å². The summed E-state index contributed by atoms with van der Waals surface area (Å²) in [5, 5.41) is 8.26. The first-order valence-corrected chi connectivity index (χ1v) is 7.84. The van der Waals surface area contributed by atoms with Gasteiger partial charge in [0.1, 0.15) is 17.3 Å². The summed E-state index contributed by atoms with van der Waals surface area (Å²) in [5.74, 6) is 3.47. The average molecular weight is 304 g/mol. The van der Waals surface area contributed by atoms with E-state index in [1.165, 1.54) is 5.56 Å². The van der Waals surface area contributed by atoms with Crippen molar-refractivity contribution < 1.29 is 4.42 Å². The van der Waals surface area contributed by atoms with E-state index in [0.717, 1.165) is 29.6 Å². The summed E-state index contributed by atoms with van der Waals surface area (Å²) in [7, 11) is 6.12. The molecule has 2 aromatic heterocycles.